The Balaban J connectivity index is 1.37. The third-order valence-corrected chi connectivity index (χ3v) is 6.78. The minimum absolute atomic E-state index is 0.308. The van der Waals surface area contributed by atoms with Gasteiger partial charge in [0.2, 0.25) is 0 Å². The van der Waals surface area contributed by atoms with Crippen LogP contribution in [0.2, 0.25) is 0 Å². The summed E-state index contributed by atoms with van der Waals surface area (Å²) in [5, 5.41) is 22.0. The van der Waals surface area contributed by atoms with Crippen LogP contribution in [0.15, 0.2) is 59.5 Å². The van der Waals surface area contributed by atoms with Gasteiger partial charge in [0.05, 0.1) is 11.5 Å². The lowest BCUT2D eigenvalue weighted by Gasteiger charge is -2.26. The Bertz CT molecular complexity index is 1280. The maximum Gasteiger partial charge on any atom is 0.410 e. The molecule has 1 amide bonds. The summed E-state index contributed by atoms with van der Waals surface area (Å²) in [5.74, 6) is 0.308. The van der Waals surface area contributed by atoms with E-state index in [4.69, 9.17) is 15.2 Å². The van der Waals surface area contributed by atoms with Crippen LogP contribution < -0.4 is 5.73 Å². The zero-order chi connectivity index (χ0) is 27.4. The molecule has 1 aliphatic heterocycles. The Morgan fingerprint density at radius 2 is 1.95 bits per heavy atom. The molecule has 0 aliphatic carbocycles. The summed E-state index contributed by atoms with van der Waals surface area (Å²) >= 11 is 3.46. The van der Waals surface area contributed by atoms with Gasteiger partial charge in [-0.15, -0.1) is 0 Å². The van der Waals surface area contributed by atoms with Gasteiger partial charge in [-0.1, -0.05) is 42.5 Å². The van der Waals surface area contributed by atoms with Crippen LogP contribution in [-0.4, -0.2) is 66.2 Å². The number of allylic oxidation sites excluding steroid dienone is 1. The highest BCUT2D eigenvalue weighted by Gasteiger charge is 2.43. The molecule has 2 aromatic heterocycles. The number of nitrogen functional groups attached to an aromatic ring is 1. The van der Waals surface area contributed by atoms with Gasteiger partial charge in [-0.3, -0.25) is 0 Å². The Morgan fingerprint density at radius 1 is 1.21 bits per heavy atom. The molecule has 10 nitrogen and oxygen atoms in total. The number of amides is 1. The molecule has 204 valence electrons. The number of aliphatic hydroxyl groups excluding tert-OH is 2. The molecule has 1 saturated heterocycles. The number of carbonyl (C=O) groups excluding carboxylic acids is 1. The smallest absolute Gasteiger partial charge is 0.410 e. The lowest BCUT2D eigenvalue weighted by atomic mass is 10.1. The molecule has 4 N–H and O–H groups in total. The Morgan fingerprint density at radius 3 is 2.66 bits per heavy atom. The van der Waals surface area contributed by atoms with Crippen LogP contribution in [-0.2, 0) is 16.0 Å². The van der Waals surface area contributed by atoms with Crippen LogP contribution in [0.25, 0.3) is 11.0 Å². The minimum Gasteiger partial charge on any atom is -0.444 e. The van der Waals surface area contributed by atoms with Crippen molar-refractivity contribution in [3.05, 3.63) is 65.0 Å². The van der Waals surface area contributed by atoms with Gasteiger partial charge >= 0.3 is 6.09 Å². The van der Waals surface area contributed by atoms with Crippen molar-refractivity contribution in [3.8, 4) is 0 Å². The van der Waals surface area contributed by atoms with E-state index in [1.807, 2.05) is 63.3 Å². The number of nitrogens with zero attached hydrogens (tertiary/aromatic N) is 4. The summed E-state index contributed by atoms with van der Waals surface area (Å²) in [6, 6.07) is 9.74. The number of halogens is 1. The fourth-order valence-electron chi connectivity index (χ4n) is 4.37. The molecule has 3 aromatic rings. The SMILES string of the molecule is CC(C)(C)OC(=O)N(C/C=C/CC[C@H]1O[C@@H](n2cc(Br)c3c(N)ncnc32)[C@H](O)[C@@H]1O)Cc1ccccc1. The van der Waals surface area contributed by atoms with Crippen molar-refractivity contribution in [1.29, 1.82) is 0 Å². The van der Waals surface area contributed by atoms with E-state index in [1.54, 1.807) is 15.7 Å². The summed E-state index contributed by atoms with van der Waals surface area (Å²) in [5.41, 5.74) is 6.89. The number of fused-ring (bicyclic) bond motifs is 1. The van der Waals surface area contributed by atoms with E-state index in [9.17, 15) is 15.0 Å². The molecule has 0 radical (unpaired) electrons. The first-order valence-corrected chi connectivity index (χ1v) is 13.3. The average molecular weight is 589 g/mol. The lowest BCUT2D eigenvalue weighted by Crippen LogP contribution is -2.36. The molecular weight excluding hydrogens is 554 g/mol. The van der Waals surface area contributed by atoms with Crippen molar-refractivity contribution in [1.82, 2.24) is 19.4 Å². The summed E-state index contributed by atoms with van der Waals surface area (Å²) in [4.78, 5) is 22.7. The highest BCUT2D eigenvalue weighted by atomic mass is 79.9. The zero-order valence-corrected chi connectivity index (χ0v) is 23.3. The predicted octanol–water partition coefficient (Wildman–Crippen LogP) is 4.17. The first kappa shape index (κ1) is 28.0. The van der Waals surface area contributed by atoms with Crippen LogP contribution in [0.4, 0.5) is 10.6 Å². The average Bonchev–Trinajstić information content (AvgIpc) is 3.34. The van der Waals surface area contributed by atoms with Gasteiger partial charge in [0.25, 0.3) is 0 Å². The Hall–Kier alpha value is -2.99. The van der Waals surface area contributed by atoms with Gasteiger partial charge in [0, 0.05) is 23.8 Å². The van der Waals surface area contributed by atoms with E-state index in [2.05, 4.69) is 25.9 Å². The highest BCUT2D eigenvalue weighted by molar-refractivity contribution is 9.10. The molecule has 0 saturated carbocycles. The van der Waals surface area contributed by atoms with Gasteiger partial charge in [-0.05, 0) is 55.1 Å². The molecule has 1 aromatic carbocycles. The van der Waals surface area contributed by atoms with Gasteiger partial charge in [-0.25, -0.2) is 14.8 Å². The zero-order valence-electron chi connectivity index (χ0n) is 21.7. The first-order chi connectivity index (χ1) is 18.0. The number of hydrogen-bond acceptors (Lipinski definition) is 8. The molecule has 4 rings (SSSR count). The number of anilines is 1. The van der Waals surface area contributed by atoms with Crippen LogP contribution in [0.5, 0.6) is 0 Å². The predicted molar refractivity (Wildman–Crippen MR) is 147 cm³/mol. The molecule has 38 heavy (non-hydrogen) atoms. The number of hydrogen-bond donors (Lipinski definition) is 3. The second kappa shape index (κ2) is 11.8. The van der Waals surface area contributed by atoms with Crippen LogP contribution in [0.1, 0.15) is 45.4 Å². The lowest BCUT2D eigenvalue weighted by molar-refractivity contribution is -0.0363. The van der Waals surface area contributed by atoms with E-state index in [1.165, 1.54) is 6.33 Å². The highest BCUT2D eigenvalue weighted by Crippen LogP contribution is 2.37. The topological polar surface area (TPSA) is 136 Å². The summed E-state index contributed by atoms with van der Waals surface area (Å²) in [6.45, 7) is 6.31. The van der Waals surface area contributed by atoms with Crippen molar-refractivity contribution in [3.63, 3.8) is 0 Å². The van der Waals surface area contributed by atoms with E-state index >= 15 is 0 Å². The largest absolute Gasteiger partial charge is 0.444 e. The Kier molecular flexibility index (Phi) is 8.71. The molecule has 3 heterocycles. The Labute approximate surface area is 230 Å². The second-order valence-corrected chi connectivity index (χ2v) is 11.1. The summed E-state index contributed by atoms with van der Waals surface area (Å²) < 4.78 is 14.0. The fraction of sp³-hybridized carbons (Fsp3) is 0.444. The maximum absolute atomic E-state index is 12.8. The van der Waals surface area contributed by atoms with E-state index < -0.39 is 30.1 Å². The molecule has 0 bridgehead atoms. The fourth-order valence-corrected chi connectivity index (χ4v) is 4.97. The van der Waals surface area contributed by atoms with Gasteiger partial charge in [-0.2, -0.15) is 0 Å². The van der Waals surface area contributed by atoms with Crippen LogP contribution >= 0.6 is 15.9 Å². The molecule has 4 atom stereocenters. The first-order valence-electron chi connectivity index (χ1n) is 12.5. The monoisotopic (exact) mass is 587 g/mol. The third-order valence-electron chi connectivity index (χ3n) is 6.18. The molecule has 0 unspecified atom stereocenters. The normalized spacial score (nSPS) is 21.8. The number of carbonyl (C=O) groups is 1. The molecule has 11 heteroatoms. The number of benzene rings is 1. The van der Waals surface area contributed by atoms with Crippen LogP contribution in [0.3, 0.4) is 0 Å². The second-order valence-electron chi connectivity index (χ2n) is 10.3. The number of aliphatic hydroxyl groups is 2. The van der Waals surface area contributed by atoms with Crippen molar-refractivity contribution < 1.29 is 24.5 Å². The molecule has 1 aliphatic rings. The molecule has 0 spiro atoms. The quantitative estimate of drug-likeness (QED) is 0.334. The summed E-state index contributed by atoms with van der Waals surface area (Å²) in [7, 11) is 0. The third kappa shape index (κ3) is 6.52. The number of ether oxygens (including phenoxy) is 2. The van der Waals surface area contributed by atoms with E-state index in [0.717, 1.165) is 5.56 Å². The molecule has 1 fully saturated rings. The minimum atomic E-state index is -1.14. The van der Waals surface area contributed by atoms with Gasteiger partial charge < -0.3 is 34.9 Å². The number of nitrogens with two attached hydrogens (primary N) is 1. The number of rotatable bonds is 8. The molecular formula is C27H34BrN5O5. The van der Waals surface area contributed by atoms with Crippen molar-refractivity contribution in [2.24, 2.45) is 0 Å². The standard InChI is InChI=1S/C27H34BrN5O5/c1-27(2,3)38-26(36)32(14-17-10-6-4-7-11-17)13-9-5-8-12-19-21(34)22(35)25(37-19)33-15-18(28)20-23(29)30-16-31-24(20)33/h4-7,9-11,15-16,19,21-22,25,34-35H,8,12-14H2,1-3H3,(H2,29,30,31)/b9-5+/t19-,21-,22-,25-/m1/s1. The summed E-state index contributed by atoms with van der Waals surface area (Å²) in [6.07, 6.45) is 3.96. The van der Waals surface area contributed by atoms with Crippen molar-refractivity contribution in [2.75, 3.05) is 12.3 Å². The number of aromatic nitrogens is 3. The van der Waals surface area contributed by atoms with Crippen molar-refractivity contribution in [2.45, 2.75) is 70.3 Å². The van der Waals surface area contributed by atoms with Gasteiger partial charge in [0.15, 0.2) is 6.23 Å². The van der Waals surface area contributed by atoms with E-state index in [-0.39, 0.29) is 6.09 Å². The van der Waals surface area contributed by atoms with Crippen LogP contribution in [0, 0.1) is 0 Å². The van der Waals surface area contributed by atoms with E-state index in [0.29, 0.717) is 47.3 Å². The van der Waals surface area contributed by atoms with Crippen molar-refractivity contribution >= 4 is 38.9 Å². The van der Waals surface area contributed by atoms with Gasteiger partial charge in [0.1, 0.15) is 35.6 Å². The maximum atomic E-state index is 12.8.